The topological polar surface area (TPSA) is 23.8 Å². The van der Waals surface area contributed by atoms with Gasteiger partial charge in [-0.1, -0.05) is 78.6 Å². The highest BCUT2D eigenvalue weighted by Gasteiger charge is 1.94. The van der Waals surface area contributed by atoms with Crippen LogP contribution in [0.5, 0.6) is 0 Å². The van der Waals surface area contributed by atoms with E-state index in [-0.39, 0.29) is 0 Å². The van der Waals surface area contributed by atoms with E-state index in [2.05, 4.69) is 27.3 Å². The molecule has 0 unspecified atom stereocenters. The number of nitriles is 1. The highest BCUT2D eigenvalue weighted by atomic mass is 14.2. The third-order valence-corrected chi connectivity index (χ3v) is 2.64. The van der Waals surface area contributed by atoms with Crippen molar-refractivity contribution in [3.8, 4) is 6.57 Å². The average molecular weight is 211 g/mol. The van der Waals surface area contributed by atoms with Crippen molar-refractivity contribution in [3.63, 3.8) is 0 Å². The normalized spacial score (nSPS) is 9.73. The molecule has 15 heavy (non-hydrogen) atoms. The van der Waals surface area contributed by atoms with Gasteiger partial charge in [-0.25, -0.2) is 5.26 Å². The van der Waals surface area contributed by atoms with Crippen molar-refractivity contribution in [3.05, 3.63) is 0 Å². The lowest BCUT2D eigenvalue weighted by atomic mass is 10.0. The van der Waals surface area contributed by atoms with E-state index in [1.807, 2.05) is 0 Å². The Balaban J connectivity index is 0. The predicted molar refractivity (Wildman–Crippen MR) is 68.7 cm³/mol. The molecule has 0 spiro atoms. The van der Waals surface area contributed by atoms with E-state index < -0.39 is 0 Å². The van der Waals surface area contributed by atoms with Crippen LogP contribution in [0.15, 0.2) is 0 Å². The SMILES string of the molecule is C#N.CCCCCCCCCCC(C)C. The van der Waals surface area contributed by atoms with Gasteiger partial charge in [0.1, 0.15) is 0 Å². The Bertz CT molecular complexity index is 116. The Kier molecular flexibility index (Phi) is 18.0. The minimum atomic E-state index is 0.903. The van der Waals surface area contributed by atoms with Crippen LogP contribution in [0.25, 0.3) is 0 Å². The predicted octanol–water partition coefficient (Wildman–Crippen LogP) is 5.31. The zero-order valence-corrected chi connectivity index (χ0v) is 11.0. The summed E-state index contributed by atoms with van der Waals surface area (Å²) >= 11 is 0. The van der Waals surface area contributed by atoms with Gasteiger partial charge in [0.05, 0.1) is 0 Å². The van der Waals surface area contributed by atoms with Gasteiger partial charge in [0.2, 0.25) is 0 Å². The minimum Gasteiger partial charge on any atom is -0.202 e. The van der Waals surface area contributed by atoms with Crippen LogP contribution in [-0.4, -0.2) is 0 Å². The molecule has 0 rings (SSSR count). The maximum atomic E-state index is 6.50. The van der Waals surface area contributed by atoms with Gasteiger partial charge in [0.25, 0.3) is 0 Å². The summed E-state index contributed by atoms with van der Waals surface area (Å²) in [5.74, 6) is 0.903. The van der Waals surface area contributed by atoms with E-state index >= 15 is 0 Å². The quantitative estimate of drug-likeness (QED) is 0.474. The summed E-state index contributed by atoms with van der Waals surface area (Å²) in [6.07, 6.45) is 13.0. The highest BCUT2D eigenvalue weighted by Crippen LogP contribution is 2.12. The molecule has 0 aliphatic heterocycles. The first-order chi connectivity index (χ1) is 7.27. The van der Waals surface area contributed by atoms with E-state index in [0.717, 1.165) is 5.92 Å². The van der Waals surface area contributed by atoms with Crippen LogP contribution in [0.3, 0.4) is 0 Å². The molecule has 0 heterocycles. The first-order valence-corrected chi connectivity index (χ1v) is 6.53. The summed E-state index contributed by atoms with van der Waals surface area (Å²) in [6, 6.07) is 0. The second-order valence-electron chi connectivity index (χ2n) is 4.66. The first-order valence-electron chi connectivity index (χ1n) is 6.53. The largest absolute Gasteiger partial charge is 0.202 e. The van der Waals surface area contributed by atoms with Gasteiger partial charge in [-0.2, -0.15) is 0 Å². The summed E-state index contributed by atoms with van der Waals surface area (Å²) in [5.41, 5.74) is 0. The van der Waals surface area contributed by atoms with Gasteiger partial charge in [0, 0.05) is 6.57 Å². The number of hydrogen-bond acceptors (Lipinski definition) is 1. The molecule has 0 atom stereocenters. The molecule has 0 radical (unpaired) electrons. The Labute approximate surface area is 96.9 Å². The monoisotopic (exact) mass is 211 g/mol. The second kappa shape index (κ2) is 15.9. The lowest BCUT2D eigenvalue weighted by Crippen LogP contribution is -1.87. The average Bonchev–Trinajstić information content (AvgIpc) is 2.24. The fourth-order valence-corrected chi connectivity index (χ4v) is 1.69. The zero-order valence-electron chi connectivity index (χ0n) is 11.0. The molecule has 0 saturated heterocycles. The van der Waals surface area contributed by atoms with E-state index in [4.69, 9.17) is 5.26 Å². The standard InChI is InChI=1S/C13H28.CHN/c1-4-5-6-7-8-9-10-11-12-13(2)3;1-2/h13H,4-12H2,1-3H3;1H. The third-order valence-electron chi connectivity index (χ3n) is 2.64. The van der Waals surface area contributed by atoms with Crippen LogP contribution < -0.4 is 0 Å². The molecule has 0 fully saturated rings. The van der Waals surface area contributed by atoms with Gasteiger partial charge >= 0.3 is 0 Å². The summed E-state index contributed by atoms with van der Waals surface area (Å²) < 4.78 is 0. The summed E-state index contributed by atoms with van der Waals surface area (Å²) in [5, 5.41) is 6.50. The van der Waals surface area contributed by atoms with Crippen LogP contribution in [0.2, 0.25) is 0 Å². The van der Waals surface area contributed by atoms with Gasteiger partial charge in [0.15, 0.2) is 0 Å². The number of nitrogens with zero attached hydrogens (tertiary/aromatic N) is 1. The number of rotatable bonds is 9. The van der Waals surface area contributed by atoms with Crippen LogP contribution in [0, 0.1) is 17.8 Å². The minimum absolute atomic E-state index is 0.903. The van der Waals surface area contributed by atoms with Crippen LogP contribution in [0.1, 0.15) is 78.6 Å². The Morgan fingerprint density at radius 3 is 1.60 bits per heavy atom. The number of hydrogen-bond donors (Lipinski definition) is 0. The van der Waals surface area contributed by atoms with Crippen LogP contribution in [-0.2, 0) is 0 Å². The molecule has 0 aliphatic carbocycles. The maximum absolute atomic E-state index is 6.50. The van der Waals surface area contributed by atoms with Gasteiger partial charge < -0.3 is 0 Å². The first kappa shape index (κ1) is 16.9. The highest BCUT2D eigenvalue weighted by molar-refractivity contribution is 4.48. The molecule has 0 bridgehead atoms. The summed E-state index contributed by atoms with van der Waals surface area (Å²) in [7, 11) is 0. The molecule has 0 aliphatic rings. The van der Waals surface area contributed by atoms with E-state index in [0.29, 0.717) is 0 Å². The van der Waals surface area contributed by atoms with Crippen molar-refractivity contribution in [1.29, 1.82) is 5.26 Å². The van der Waals surface area contributed by atoms with Crippen molar-refractivity contribution in [2.75, 3.05) is 0 Å². The van der Waals surface area contributed by atoms with E-state index in [1.54, 1.807) is 0 Å². The molecule has 0 aromatic carbocycles. The Morgan fingerprint density at radius 2 is 1.20 bits per heavy atom. The van der Waals surface area contributed by atoms with Crippen LogP contribution >= 0.6 is 0 Å². The van der Waals surface area contributed by atoms with Crippen LogP contribution in [0.4, 0.5) is 0 Å². The lowest BCUT2D eigenvalue weighted by Gasteiger charge is -2.03. The molecule has 0 aromatic heterocycles. The Morgan fingerprint density at radius 1 is 0.800 bits per heavy atom. The second-order valence-corrected chi connectivity index (χ2v) is 4.66. The summed E-state index contributed by atoms with van der Waals surface area (Å²) in [6.45, 7) is 10.4. The van der Waals surface area contributed by atoms with Crippen molar-refractivity contribution >= 4 is 0 Å². The molecule has 0 aromatic rings. The van der Waals surface area contributed by atoms with Gasteiger partial charge in [-0.15, -0.1) is 0 Å². The van der Waals surface area contributed by atoms with Crippen molar-refractivity contribution in [2.24, 2.45) is 5.92 Å². The summed E-state index contributed by atoms with van der Waals surface area (Å²) in [4.78, 5) is 0. The van der Waals surface area contributed by atoms with E-state index in [1.165, 1.54) is 57.8 Å². The number of unbranched alkanes of at least 4 members (excludes halogenated alkanes) is 7. The fourth-order valence-electron chi connectivity index (χ4n) is 1.69. The lowest BCUT2D eigenvalue weighted by molar-refractivity contribution is 0.508. The van der Waals surface area contributed by atoms with E-state index in [9.17, 15) is 0 Å². The Hall–Kier alpha value is -0.510. The maximum Gasteiger partial charge on any atom is 0.0462 e. The molecule has 0 N–H and O–H groups in total. The molecule has 1 nitrogen and oxygen atoms in total. The molecule has 1 heteroatoms. The molecule has 0 saturated carbocycles. The zero-order chi connectivity index (χ0) is 11.9. The van der Waals surface area contributed by atoms with Crippen molar-refractivity contribution in [2.45, 2.75) is 78.6 Å². The van der Waals surface area contributed by atoms with Crippen molar-refractivity contribution < 1.29 is 0 Å². The third kappa shape index (κ3) is 19.8. The van der Waals surface area contributed by atoms with Crippen molar-refractivity contribution in [1.82, 2.24) is 0 Å². The smallest absolute Gasteiger partial charge is 0.0462 e. The van der Waals surface area contributed by atoms with Gasteiger partial charge in [-0.05, 0) is 5.92 Å². The van der Waals surface area contributed by atoms with Gasteiger partial charge in [-0.3, -0.25) is 0 Å². The molecular weight excluding hydrogens is 182 g/mol. The fraction of sp³-hybridized carbons (Fsp3) is 0.929. The molecule has 0 amide bonds. The molecular formula is C14H29N. The molecule has 90 valence electrons.